The summed E-state index contributed by atoms with van der Waals surface area (Å²) >= 11 is 0. The Hall–Kier alpha value is -2.61. The van der Waals surface area contributed by atoms with Gasteiger partial charge >= 0.3 is 0 Å². The molecule has 3 rings (SSSR count). The van der Waals surface area contributed by atoms with E-state index in [0.717, 1.165) is 17.2 Å². The van der Waals surface area contributed by atoms with E-state index in [-0.39, 0.29) is 13.3 Å². The van der Waals surface area contributed by atoms with Crippen molar-refractivity contribution >= 4 is 5.91 Å². The summed E-state index contributed by atoms with van der Waals surface area (Å²) in [5.74, 6) is 9.01. The maximum absolute atomic E-state index is 13.0. The molecule has 30 heavy (non-hydrogen) atoms. The van der Waals surface area contributed by atoms with Gasteiger partial charge in [-0.3, -0.25) is 4.79 Å². The van der Waals surface area contributed by atoms with E-state index >= 15 is 0 Å². The molecule has 1 aromatic heterocycles. The minimum Gasteiger partial charge on any atom is -0.329 e. The zero-order chi connectivity index (χ0) is 20.8. The van der Waals surface area contributed by atoms with E-state index in [1.807, 2.05) is 24.0 Å². The summed E-state index contributed by atoms with van der Waals surface area (Å²) in [6.07, 6.45) is 11.9. The highest BCUT2D eigenvalue weighted by Crippen LogP contribution is 2.23. The molecule has 1 fully saturated rings. The Morgan fingerprint density at radius 2 is 1.93 bits per heavy atom. The van der Waals surface area contributed by atoms with E-state index in [4.69, 9.17) is 0 Å². The van der Waals surface area contributed by atoms with Crippen LogP contribution < -0.4 is 0 Å². The van der Waals surface area contributed by atoms with Crippen molar-refractivity contribution in [3.63, 3.8) is 0 Å². The Labute approximate surface area is 181 Å². The number of hydrogen-bond donors (Lipinski definition) is 0. The molecule has 1 amide bonds. The number of carbonyl (C=O) groups is 1. The van der Waals surface area contributed by atoms with E-state index in [1.54, 1.807) is 6.08 Å². The fraction of sp³-hybridized carbons (Fsp3) is 0.560. The van der Waals surface area contributed by atoms with Crippen molar-refractivity contribution in [2.75, 3.05) is 6.54 Å². The number of nitrogens with zero attached hydrogens (tertiary/aromatic N) is 4. The van der Waals surface area contributed by atoms with Crippen LogP contribution in [-0.2, 0) is 17.9 Å². The third-order valence-corrected chi connectivity index (χ3v) is 5.82. The van der Waals surface area contributed by atoms with Gasteiger partial charge in [0.25, 0.3) is 5.91 Å². The van der Waals surface area contributed by atoms with Gasteiger partial charge in [0.1, 0.15) is 0 Å². The summed E-state index contributed by atoms with van der Waals surface area (Å²) in [6, 6.07) is 0. The second-order valence-electron chi connectivity index (χ2n) is 8.17. The summed E-state index contributed by atoms with van der Waals surface area (Å²) in [4.78, 5) is 14.8. The topological polar surface area (TPSA) is 51.0 Å². The number of amides is 1. The van der Waals surface area contributed by atoms with Gasteiger partial charge in [-0.1, -0.05) is 65.2 Å². The second kappa shape index (κ2) is 11.0. The lowest BCUT2D eigenvalue weighted by Crippen LogP contribution is -2.39. The van der Waals surface area contributed by atoms with Gasteiger partial charge in [0, 0.05) is 24.6 Å². The van der Waals surface area contributed by atoms with E-state index in [9.17, 15) is 4.79 Å². The number of carbonyl (C=O) groups excluding carboxylic acids is 1. The molecule has 0 bridgehead atoms. The fourth-order valence-corrected chi connectivity index (χ4v) is 3.99. The molecule has 1 aliphatic heterocycles. The third-order valence-electron chi connectivity index (χ3n) is 5.82. The first-order valence-electron chi connectivity index (χ1n) is 10.8. The second-order valence-corrected chi connectivity index (χ2v) is 8.17. The Morgan fingerprint density at radius 3 is 2.57 bits per heavy atom. The molecule has 1 aliphatic carbocycles. The molecule has 1 aromatic rings. The minimum atomic E-state index is -0.0101. The van der Waals surface area contributed by atoms with Gasteiger partial charge in [-0.2, -0.15) is 0 Å². The molecule has 0 N–H and O–H groups in total. The highest BCUT2D eigenvalue weighted by Gasteiger charge is 2.25. The molecular formula is C25H36N4O. The summed E-state index contributed by atoms with van der Waals surface area (Å²) in [6.45, 7) is 11.8. The van der Waals surface area contributed by atoms with Crippen molar-refractivity contribution in [2.24, 2.45) is 11.8 Å². The predicted octanol–water partition coefficient (Wildman–Crippen LogP) is 4.90. The zero-order valence-corrected chi connectivity index (χ0v) is 17.9. The van der Waals surface area contributed by atoms with Crippen molar-refractivity contribution in [3.05, 3.63) is 47.6 Å². The average molecular weight is 409 g/mol. The number of aromatic nitrogens is 3. The summed E-state index contributed by atoms with van der Waals surface area (Å²) < 4.78 is 2.06. The van der Waals surface area contributed by atoms with Crippen LogP contribution in [0, 0.1) is 23.7 Å². The molecule has 2 heterocycles. The molecule has 5 heteroatoms. The van der Waals surface area contributed by atoms with Gasteiger partial charge in [0.2, 0.25) is 5.82 Å². The van der Waals surface area contributed by atoms with Crippen LogP contribution in [0.25, 0.3) is 0 Å². The van der Waals surface area contributed by atoms with Gasteiger partial charge in [-0.25, -0.2) is 0 Å². The molecule has 0 saturated heterocycles. The van der Waals surface area contributed by atoms with Gasteiger partial charge < -0.3 is 9.47 Å². The lowest BCUT2D eigenvalue weighted by molar-refractivity contribution is -0.128. The fourth-order valence-electron chi connectivity index (χ4n) is 3.99. The predicted molar refractivity (Wildman–Crippen MR) is 122 cm³/mol. The summed E-state index contributed by atoms with van der Waals surface area (Å²) in [5.41, 5.74) is 1.76. The number of fused-ring (bicyclic) bond motifs is 1. The quantitative estimate of drug-likeness (QED) is 0.404. The van der Waals surface area contributed by atoms with Crippen LogP contribution in [0.5, 0.6) is 0 Å². The number of rotatable bonds is 4. The van der Waals surface area contributed by atoms with E-state index in [1.165, 1.54) is 32.1 Å². The molecular weight excluding hydrogens is 372 g/mol. The molecule has 0 unspecified atom stereocenters. The van der Waals surface area contributed by atoms with Crippen LogP contribution in [0.2, 0.25) is 0 Å². The lowest BCUT2D eigenvalue weighted by Gasteiger charge is -2.28. The maximum atomic E-state index is 13.0. The Balaban J connectivity index is 0.00000320. The van der Waals surface area contributed by atoms with Crippen molar-refractivity contribution in [2.45, 2.75) is 73.4 Å². The van der Waals surface area contributed by atoms with Crippen LogP contribution in [0.3, 0.4) is 0 Å². The highest BCUT2D eigenvalue weighted by molar-refractivity contribution is 5.96. The van der Waals surface area contributed by atoms with Gasteiger partial charge in [-0.15, -0.1) is 10.2 Å². The number of allylic oxidation sites excluding steroid dienone is 3. The smallest absolute Gasteiger partial charge is 0.254 e. The van der Waals surface area contributed by atoms with Crippen molar-refractivity contribution in [3.8, 4) is 11.8 Å². The van der Waals surface area contributed by atoms with E-state index in [0.29, 0.717) is 37.0 Å². The molecule has 0 radical (unpaired) electrons. The lowest BCUT2D eigenvalue weighted by atomic mass is 9.90. The van der Waals surface area contributed by atoms with E-state index in [2.05, 4.69) is 47.0 Å². The monoisotopic (exact) mass is 408 g/mol. The first-order chi connectivity index (χ1) is 14.0. The van der Waals surface area contributed by atoms with Crippen molar-refractivity contribution in [1.29, 1.82) is 0 Å². The van der Waals surface area contributed by atoms with Crippen LogP contribution in [0.4, 0.5) is 0 Å². The molecule has 1 saturated carbocycles. The molecule has 0 spiro atoms. The van der Waals surface area contributed by atoms with Crippen molar-refractivity contribution in [1.82, 2.24) is 19.7 Å². The molecule has 162 valence electrons. The van der Waals surface area contributed by atoms with E-state index < -0.39 is 0 Å². The van der Waals surface area contributed by atoms with Crippen LogP contribution in [-0.4, -0.2) is 32.1 Å². The van der Waals surface area contributed by atoms with Crippen LogP contribution in [0.1, 0.15) is 72.0 Å². The van der Waals surface area contributed by atoms with Gasteiger partial charge in [0.05, 0.1) is 6.54 Å². The first kappa shape index (κ1) is 23.7. The normalized spacial score (nSPS) is 17.7. The molecule has 0 aromatic carbocycles. The van der Waals surface area contributed by atoms with Crippen molar-refractivity contribution < 1.29 is 4.79 Å². The maximum Gasteiger partial charge on any atom is 0.254 e. The number of hydrogen-bond acceptors (Lipinski definition) is 3. The Bertz CT molecular complexity index is 873. The SMILES string of the molecule is C.C=C/C(=C\C(=C/C)C(C)C)C(=O)N1CCn2c(C#CC3CCCCC3)nnc2C1. The van der Waals surface area contributed by atoms with Crippen LogP contribution >= 0.6 is 0 Å². The summed E-state index contributed by atoms with van der Waals surface area (Å²) in [7, 11) is 0. The molecule has 2 aliphatic rings. The largest absolute Gasteiger partial charge is 0.329 e. The zero-order valence-electron chi connectivity index (χ0n) is 17.9. The van der Waals surface area contributed by atoms with Gasteiger partial charge in [-0.05, 0) is 43.3 Å². The third kappa shape index (κ3) is 5.50. The average Bonchev–Trinajstić information content (AvgIpc) is 3.15. The Kier molecular flexibility index (Phi) is 8.65. The molecule has 0 atom stereocenters. The first-order valence-corrected chi connectivity index (χ1v) is 10.8. The molecule has 5 nitrogen and oxygen atoms in total. The standard InChI is InChI=1S/C24H32N4O.CH4/c1-5-20(18(3)4)16-21(6-2)24(29)27-14-15-28-22(25-26-23(28)17-27)13-12-19-10-8-7-9-11-19;/h5-6,16,18-19H,2,7-11,14-15,17H2,1,3-4H3;1H4/b20-5+,21-16+;. The Morgan fingerprint density at radius 1 is 1.20 bits per heavy atom. The minimum absolute atomic E-state index is 0. The highest BCUT2D eigenvalue weighted by atomic mass is 16.2. The summed E-state index contributed by atoms with van der Waals surface area (Å²) in [5, 5.41) is 8.59. The van der Waals surface area contributed by atoms with Crippen LogP contribution in [0.15, 0.2) is 36.0 Å². The van der Waals surface area contributed by atoms with Gasteiger partial charge in [0.15, 0.2) is 5.82 Å².